The molecule has 0 saturated carbocycles. The van der Waals surface area contributed by atoms with Crippen LogP contribution in [0.2, 0.25) is 0 Å². The van der Waals surface area contributed by atoms with E-state index in [-0.39, 0.29) is 5.91 Å². The fourth-order valence-electron chi connectivity index (χ4n) is 2.66. The SMILES string of the molecule is CCc1nccn1CCCNC(=O)C1=Cc2ccccc2OC=C1. The molecular formula is C19H21N3O2. The van der Waals surface area contributed by atoms with E-state index in [1.807, 2.05) is 42.7 Å². The number of amides is 1. The third-order valence-electron chi connectivity index (χ3n) is 3.91. The molecule has 0 unspecified atom stereocenters. The van der Waals surface area contributed by atoms with E-state index in [9.17, 15) is 4.79 Å². The highest BCUT2D eigenvalue weighted by molar-refractivity contribution is 6.01. The number of hydrogen-bond acceptors (Lipinski definition) is 3. The summed E-state index contributed by atoms with van der Waals surface area (Å²) in [7, 11) is 0. The van der Waals surface area contributed by atoms with Gasteiger partial charge in [0.2, 0.25) is 0 Å². The first-order chi connectivity index (χ1) is 11.8. The number of carbonyl (C=O) groups is 1. The van der Waals surface area contributed by atoms with Crippen LogP contribution in [0.1, 0.15) is 24.7 Å². The van der Waals surface area contributed by atoms with Crippen LogP contribution in [0.4, 0.5) is 0 Å². The molecule has 1 aliphatic heterocycles. The van der Waals surface area contributed by atoms with Gasteiger partial charge in [-0.15, -0.1) is 0 Å². The molecule has 1 aromatic heterocycles. The minimum atomic E-state index is -0.0899. The van der Waals surface area contributed by atoms with Gasteiger partial charge in [-0.2, -0.15) is 0 Å². The summed E-state index contributed by atoms with van der Waals surface area (Å²) in [6, 6.07) is 7.65. The van der Waals surface area contributed by atoms with Crippen LogP contribution in [0.3, 0.4) is 0 Å². The van der Waals surface area contributed by atoms with E-state index < -0.39 is 0 Å². The summed E-state index contributed by atoms with van der Waals surface area (Å²) in [5.74, 6) is 1.74. The molecule has 2 aromatic rings. The number of rotatable bonds is 6. The Bertz CT molecular complexity index is 774. The van der Waals surface area contributed by atoms with E-state index in [1.54, 1.807) is 12.3 Å². The lowest BCUT2D eigenvalue weighted by atomic mass is 10.1. The summed E-state index contributed by atoms with van der Waals surface area (Å²) in [5, 5.41) is 2.96. The number of carbonyl (C=O) groups excluding carboxylic acids is 1. The lowest BCUT2D eigenvalue weighted by molar-refractivity contribution is -0.117. The highest BCUT2D eigenvalue weighted by atomic mass is 16.5. The summed E-state index contributed by atoms with van der Waals surface area (Å²) in [6.07, 6.45) is 10.7. The van der Waals surface area contributed by atoms with Gasteiger partial charge in [0.15, 0.2) is 0 Å². The fraction of sp³-hybridized carbons (Fsp3) is 0.263. The normalized spacial score (nSPS) is 12.8. The molecule has 5 heteroatoms. The van der Waals surface area contributed by atoms with Crippen molar-refractivity contribution < 1.29 is 9.53 Å². The van der Waals surface area contributed by atoms with Crippen LogP contribution in [0, 0.1) is 0 Å². The van der Waals surface area contributed by atoms with E-state index in [1.165, 1.54) is 0 Å². The molecule has 1 aromatic carbocycles. The number of benzene rings is 1. The number of para-hydroxylation sites is 1. The van der Waals surface area contributed by atoms with Crippen molar-refractivity contribution >= 4 is 12.0 Å². The molecule has 1 N–H and O–H groups in total. The molecule has 3 rings (SSSR count). The van der Waals surface area contributed by atoms with Crippen LogP contribution in [-0.2, 0) is 17.8 Å². The van der Waals surface area contributed by atoms with Gasteiger partial charge in [-0.3, -0.25) is 4.79 Å². The Morgan fingerprint density at radius 2 is 2.21 bits per heavy atom. The van der Waals surface area contributed by atoms with E-state index in [2.05, 4.69) is 21.8 Å². The van der Waals surface area contributed by atoms with Gasteiger partial charge in [-0.25, -0.2) is 4.98 Å². The van der Waals surface area contributed by atoms with Crippen molar-refractivity contribution in [2.24, 2.45) is 0 Å². The van der Waals surface area contributed by atoms with Crippen molar-refractivity contribution in [1.82, 2.24) is 14.9 Å². The lowest BCUT2D eigenvalue weighted by Gasteiger charge is -2.08. The van der Waals surface area contributed by atoms with Gasteiger partial charge in [0.1, 0.15) is 11.6 Å². The molecule has 2 heterocycles. The smallest absolute Gasteiger partial charge is 0.251 e. The molecule has 24 heavy (non-hydrogen) atoms. The molecule has 0 saturated heterocycles. The van der Waals surface area contributed by atoms with Crippen molar-refractivity contribution in [1.29, 1.82) is 0 Å². The second-order valence-electron chi connectivity index (χ2n) is 5.56. The van der Waals surface area contributed by atoms with Crippen LogP contribution < -0.4 is 10.1 Å². The summed E-state index contributed by atoms with van der Waals surface area (Å²) in [4.78, 5) is 16.6. The maximum absolute atomic E-state index is 12.3. The predicted molar refractivity (Wildman–Crippen MR) is 93.4 cm³/mol. The van der Waals surface area contributed by atoms with E-state index in [0.717, 1.165) is 36.5 Å². The van der Waals surface area contributed by atoms with Crippen LogP contribution >= 0.6 is 0 Å². The van der Waals surface area contributed by atoms with Crippen LogP contribution in [0.25, 0.3) is 6.08 Å². The zero-order valence-corrected chi connectivity index (χ0v) is 13.7. The molecule has 0 spiro atoms. The third-order valence-corrected chi connectivity index (χ3v) is 3.91. The minimum absolute atomic E-state index is 0.0899. The molecule has 124 valence electrons. The Balaban J connectivity index is 1.55. The number of aromatic nitrogens is 2. The zero-order chi connectivity index (χ0) is 16.8. The van der Waals surface area contributed by atoms with Crippen molar-refractivity contribution in [2.45, 2.75) is 26.3 Å². The monoisotopic (exact) mass is 323 g/mol. The first-order valence-electron chi connectivity index (χ1n) is 8.20. The highest BCUT2D eigenvalue weighted by Crippen LogP contribution is 2.24. The molecule has 0 bridgehead atoms. The Labute approximate surface area is 141 Å². The lowest BCUT2D eigenvalue weighted by Crippen LogP contribution is -2.26. The number of nitrogens with one attached hydrogen (secondary N) is 1. The Kier molecular flexibility index (Phi) is 5.11. The summed E-state index contributed by atoms with van der Waals surface area (Å²) < 4.78 is 7.63. The Hall–Kier alpha value is -2.82. The number of nitrogens with zero attached hydrogens (tertiary/aromatic N) is 2. The standard InChI is InChI=1S/C19H21N3O2/c1-2-18-20-10-12-22(18)11-5-9-21-19(23)16-8-13-24-17-7-4-3-6-15(17)14-16/h3-4,6-8,10,12-14H,2,5,9,11H2,1H3,(H,21,23). The van der Waals surface area contributed by atoms with Gasteiger partial charge < -0.3 is 14.6 Å². The largest absolute Gasteiger partial charge is 0.464 e. The first-order valence-corrected chi connectivity index (χ1v) is 8.20. The van der Waals surface area contributed by atoms with Crippen LogP contribution in [0.5, 0.6) is 5.75 Å². The quantitative estimate of drug-likeness (QED) is 0.832. The predicted octanol–water partition coefficient (Wildman–Crippen LogP) is 2.94. The average Bonchev–Trinajstić information content (AvgIpc) is 2.95. The summed E-state index contributed by atoms with van der Waals surface area (Å²) in [6.45, 7) is 3.56. The third kappa shape index (κ3) is 3.74. The second-order valence-corrected chi connectivity index (χ2v) is 5.56. The molecule has 1 aliphatic rings. The average molecular weight is 323 g/mol. The van der Waals surface area contributed by atoms with Gasteiger partial charge in [0, 0.05) is 43.0 Å². The zero-order valence-electron chi connectivity index (χ0n) is 13.7. The number of ether oxygens (including phenoxy) is 1. The topological polar surface area (TPSA) is 56.2 Å². The van der Waals surface area contributed by atoms with E-state index in [0.29, 0.717) is 12.1 Å². The highest BCUT2D eigenvalue weighted by Gasteiger charge is 2.11. The molecule has 1 amide bonds. The van der Waals surface area contributed by atoms with E-state index in [4.69, 9.17) is 4.74 Å². The Morgan fingerprint density at radius 1 is 1.33 bits per heavy atom. The van der Waals surface area contributed by atoms with E-state index >= 15 is 0 Å². The number of aryl methyl sites for hydroxylation is 2. The maximum atomic E-state index is 12.3. The van der Waals surface area contributed by atoms with Gasteiger partial charge in [-0.1, -0.05) is 25.1 Å². The van der Waals surface area contributed by atoms with Crippen LogP contribution in [0.15, 0.2) is 54.6 Å². The van der Waals surface area contributed by atoms with Crippen molar-refractivity contribution in [3.63, 3.8) is 0 Å². The van der Waals surface area contributed by atoms with Gasteiger partial charge in [0.25, 0.3) is 5.91 Å². The minimum Gasteiger partial charge on any atom is -0.464 e. The molecule has 0 radical (unpaired) electrons. The summed E-state index contributed by atoms with van der Waals surface area (Å²) >= 11 is 0. The van der Waals surface area contributed by atoms with Crippen molar-refractivity contribution in [2.75, 3.05) is 6.54 Å². The first kappa shape index (κ1) is 16.1. The van der Waals surface area contributed by atoms with Crippen LogP contribution in [-0.4, -0.2) is 22.0 Å². The van der Waals surface area contributed by atoms with Gasteiger partial charge in [0.05, 0.1) is 6.26 Å². The number of fused-ring (bicyclic) bond motifs is 1. The maximum Gasteiger partial charge on any atom is 0.251 e. The molecular weight excluding hydrogens is 302 g/mol. The molecule has 5 nitrogen and oxygen atoms in total. The summed E-state index contributed by atoms with van der Waals surface area (Å²) in [5.41, 5.74) is 1.50. The van der Waals surface area contributed by atoms with Crippen molar-refractivity contribution in [3.05, 3.63) is 66.0 Å². The molecule has 0 atom stereocenters. The molecule has 0 aliphatic carbocycles. The molecule has 0 fully saturated rings. The number of imidazole rings is 1. The fourth-order valence-corrected chi connectivity index (χ4v) is 2.66. The van der Waals surface area contributed by atoms with Gasteiger partial charge in [-0.05, 0) is 24.6 Å². The number of hydrogen-bond donors (Lipinski definition) is 1. The van der Waals surface area contributed by atoms with Crippen molar-refractivity contribution in [3.8, 4) is 5.75 Å². The van der Waals surface area contributed by atoms with Gasteiger partial charge >= 0.3 is 0 Å². The second kappa shape index (κ2) is 7.64. The Morgan fingerprint density at radius 3 is 3.08 bits per heavy atom.